The summed E-state index contributed by atoms with van der Waals surface area (Å²) in [6.45, 7) is 7.75. The summed E-state index contributed by atoms with van der Waals surface area (Å²) in [6.07, 6.45) is 0. The molecule has 0 fully saturated rings. The fourth-order valence-electron chi connectivity index (χ4n) is 11.9. The van der Waals surface area contributed by atoms with E-state index in [4.69, 9.17) is 30.4 Å². The molecule has 0 saturated heterocycles. The van der Waals surface area contributed by atoms with E-state index in [-0.39, 0.29) is 0 Å². The highest BCUT2D eigenvalue weighted by Crippen LogP contribution is 2.47. The number of fused-ring (bicyclic) bond motifs is 14. The molecule has 0 unspecified atom stereocenters. The van der Waals surface area contributed by atoms with Crippen molar-refractivity contribution in [2.45, 2.75) is 0 Å². The largest absolute Gasteiger partial charge is 0.455 e. The van der Waals surface area contributed by atoms with Gasteiger partial charge in [0.1, 0.15) is 22.3 Å². The Morgan fingerprint density at radius 3 is 1.33 bits per heavy atom. The first-order valence-corrected chi connectivity index (χ1v) is 25.9. The quantitative estimate of drug-likeness (QED) is 0.149. The Balaban J connectivity index is 1.03. The smallest absolute Gasteiger partial charge is 0.187 e. The monoisotopic (exact) mass is 996 g/mol. The molecule has 8 heteroatoms. The van der Waals surface area contributed by atoms with Gasteiger partial charge >= 0.3 is 0 Å². The summed E-state index contributed by atoms with van der Waals surface area (Å²) in [5.74, 6) is 1.71. The van der Waals surface area contributed by atoms with Gasteiger partial charge in [-0.05, 0) is 83.9 Å². The predicted molar refractivity (Wildman–Crippen MR) is 317 cm³/mol. The second-order valence-electron chi connectivity index (χ2n) is 19.7. The van der Waals surface area contributed by atoms with Gasteiger partial charge in [-0.2, -0.15) is 0 Å². The van der Waals surface area contributed by atoms with E-state index in [1.165, 1.54) is 0 Å². The van der Waals surface area contributed by atoms with Gasteiger partial charge in [0.25, 0.3) is 0 Å². The minimum Gasteiger partial charge on any atom is -0.455 e. The van der Waals surface area contributed by atoms with E-state index in [9.17, 15) is 0 Å². The summed E-state index contributed by atoms with van der Waals surface area (Å²) in [4.78, 5) is 19.3. The first-order chi connectivity index (χ1) is 38.6. The minimum absolute atomic E-state index is 0.545. The van der Waals surface area contributed by atoms with Crippen LogP contribution < -0.4 is 0 Å². The van der Waals surface area contributed by atoms with Crippen LogP contribution >= 0.6 is 0 Å². The summed E-state index contributed by atoms with van der Waals surface area (Å²) in [5.41, 5.74) is 16.5. The molecule has 0 aliphatic carbocycles. The van der Waals surface area contributed by atoms with E-state index in [1.54, 1.807) is 0 Å². The van der Waals surface area contributed by atoms with Crippen LogP contribution in [0, 0.1) is 6.57 Å². The van der Waals surface area contributed by atoms with Crippen LogP contribution in [-0.2, 0) is 0 Å². The van der Waals surface area contributed by atoms with Gasteiger partial charge in [-0.15, -0.1) is 0 Å². The molecular weight excluding hydrogens is 957 g/mol. The molecule has 0 saturated carbocycles. The molecule has 0 N–H and O–H groups in total. The van der Waals surface area contributed by atoms with Gasteiger partial charge in [0, 0.05) is 60.1 Å². The highest BCUT2D eigenvalue weighted by atomic mass is 16.3. The molecule has 0 spiro atoms. The van der Waals surface area contributed by atoms with Gasteiger partial charge in [-0.25, -0.2) is 19.8 Å². The van der Waals surface area contributed by atoms with Crippen LogP contribution in [0.5, 0.6) is 0 Å². The molecule has 0 aliphatic rings. The molecule has 16 aromatic rings. The summed E-state index contributed by atoms with van der Waals surface area (Å²) >= 11 is 0. The highest BCUT2D eigenvalue weighted by Gasteiger charge is 2.26. The fourth-order valence-corrected chi connectivity index (χ4v) is 11.9. The van der Waals surface area contributed by atoms with E-state index in [1.807, 2.05) is 109 Å². The summed E-state index contributed by atoms with van der Waals surface area (Å²) < 4.78 is 18.4. The Kier molecular flexibility index (Phi) is 9.53. The molecular formula is C70H40N6O2. The molecule has 0 aliphatic heterocycles. The fraction of sp³-hybridized carbons (Fsp3) is 0. The van der Waals surface area contributed by atoms with Gasteiger partial charge in [-0.3, -0.25) is 0 Å². The van der Waals surface area contributed by atoms with E-state index < -0.39 is 0 Å². The molecule has 5 aromatic heterocycles. The Morgan fingerprint density at radius 1 is 0.321 bits per heavy atom. The molecule has 8 nitrogen and oxygen atoms in total. The van der Waals surface area contributed by atoms with Crippen LogP contribution in [0.15, 0.2) is 251 Å². The van der Waals surface area contributed by atoms with Crippen molar-refractivity contribution in [3.63, 3.8) is 0 Å². The number of benzene rings is 11. The average Bonchev–Trinajstić information content (AvgIpc) is 4.35. The second kappa shape index (κ2) is 17.1. The number of hydrogen-bond acceptors (Lipinski definition) is 5. The average molecular weight is 997 g/mol. The Labute approximate surface area is 445 Å². The Bertz CT molecular complexity index is 5100. The topological polar surface area (TPSA) is 79.2 Å². The van der Waals surface area contributed by atoms with Gasteiger partial charge in [0.05, 0.1) is 50.8 Å². The number of nitrogens with zero attached hydrogens (tertiary/aromatic N) is 6. The Hall–Kier alpha value is -10.9. The van der Waals surface area contributed by atoms with Crippen LogP contribution in [0.4, 0.5) is 5.69 Å². The van der Waals surface area contributed by atoms with E-state index in [0.29, 0.717) is 23.2 Å². The van der Waals surface area contributed by atoms with Gasteiger partial charge in [0.15, 0.2) is 23.2 Å². The first kappa shape index (κ1) is 43.5. The maximum absolute atomic E-state index is 7.75. The number of aromatic nitrogens is 5. The normalized spacial score (nSPS) is 11.8. The molecule has 0 radical (unpaired) electrons. The maximum atomic E-state index is 7.75. The van der Waals surface area contributed by atoms with E-state index >= 15 is 0 Å². The Morgan fingerprint density at radius 2 is 0.782 bits per heavy atom. The number of furan rings is 2. The van der Waals surface area contributed by atoms with Crippen LogP contribution in [0.3, 0.4) is 0 Å². The summed E-state index contributed by atoms with van der Waals surface area (Å²) in [5, 5.41) is 8.54. The lowest BCUT2D eigenvalue weighted by Crippen LogP contribution is -2.04. The third-order valence-corrected chi connectivity index (χ3v) is 15.4. The number of para-hydroxylation sites is 4. The molecule has 78 heavy (non-hydrogen) atoms. The van der Waals surface area contributed by atoms with Crippen molar-refractivity contribution in [1.29, 1.82) is 0 Å². The lowest BCUT2D eigenvalue weighted by Gasteiger charge is -2.21. The van der Waals surface area contributed by atoms with Crippen molar-refractivity contribution in [3.05, 3.63) is 254 Å². The van der Waals surface area contributed by atoms with Crippen molar-refractivity contribution in [2.24, 2.45) is 0 Å². The van der Waals surface area contributed by atoms with Crippen LogP contribution in [0.25, 0.3) is 160 Å². The molecule has 5 heterocycles. The van der Waals surface area contributed by atoms with Gasteiger partial charge < -0.3 is 18.0 Å². The van der Waals surface area contributed by atoms with Gasteiger partial charge in [0.2, 0.25) is 0 Å². The third kappa shape index (κ3) is 6.62. The van der Waals surface area contributed by atoms with Crippen molar-refractivity contribution in [2.75, 3.05) is 0 Å². The lowest BCUT2D eigenvalue weighted by molar-refractivity contribution is 0.672. The van der Waals surface area contributed by atoms with E-state index in [2.05, 4.69) is 147 Å². The lowest BCUT2D eigenvalue weighted by atomic mass is 9.95. The number of rotatable bonds is 7. The van der Waals surface area contributed by atoms with Crippen LogP contribution in [-0.4, -0.2) is 24.1 Å². The van der Waals surface area contributed by atoms with Gasteiger partial charge in [-0.1, -0.05) is 170 Å². The molecule has 16 rings (SSSR count). The first-order valence-electron chi connectivity index (χ1n) is 25.9. The third-order valence-electron chi connectivity index (χ3n) is 15.4. The van der Waals surface area contributed by atoms with Crippen molar-refractivity contribution >= 4 is 93.2 Å². The number of hydrogen-bond donors (Lipinski definition) is 0. The van der Waals surface area contributed by atoms with Crippen molar-refractivity contribution in [3.8, 4) is 67.8 Å². The highest BCUT2D eigenvalue weighted by molar-refractivity contribution is 6.25. The maximum Gasteiger partial charge on any atom is 0.187 e. The predicted octanol–water partition coefficient (Wildman–Crippen LogP) is 18.8. The zero-order valence-corrected chi connectivity index (χ0v) is 41.6. The van der Waals surface area contributed by atoms with Crippen molar-refractivity contribution in [1.82, 2.24) is 24.1 Å². The zero-order chi connectivity index (χ0) is 51.4. The molecule has 0 amide bonds. The van der Waals surface area contributed by atoms with Crippen LogP contribution in [0.1, 0.15) is 0 Å². The second-order valence-corrected chi connectivity index (χ2v) is 19.7. The van der Waals surface area contributed by atoms with Crippen molar-refractivity contribution < 1.29 is 8.83 Å². The summed E-state index contributed by atoms with van der Waals surface area (Å²) in [7, 11) is 0. The molecule has 0 atom stereocenters. The minimum atomic E-state index is 0.545. The molecule has 0 bridgehead atoms. The standard InChI is InChI=1S/C70H40N6O2/c1-71-47-32-28-42(29-33-47)45-30-34-48(61(41-45)76-57-25-13-9-23-54(57)65-60(76)39-36-52-50-21-11-15-27-63(50)78-67(52)65)55-40-46(70-73-68(43-16-4-2-5-17-43)72-69(74-70)44-18-6-3-7-19-44)31-37-58(55)75-56-24-12-8-22-53(56)64-59(75)38-35-51-49-20-10-14-26-62(49)77-66(51)64/h2-41H. The molecule has 11 aromatic carbocycles. The van der Waals surface area contributed by atoms with Crippen LogP contribution in [0.2, 0.25) is 0 Å². The zero-order valence-electron chi connectivity index (χ0n) is 41.6. The SMILES string of the molecule is [C-]#[N+]c1ccc(-c2ccc(-c3cc(-c4nc(-c5ccccc5)nc(-c5ccccc5)n4)ccc3-n3c4ccccc4c4c5oc6ccccc6c5ccc43)c(-n3c4ccccc4c4c5oc6ccccc6c5ccc43)c2)cc1. The summed E-state index contributed by atoms with van der Waals surface area (Å²) in [6, 6.07) is 84.1. The van der Waals surface area contributed by atoms with E-state index in [0.717, 1.165) is 138 Å². The molecule has 362 valence electrons.